The zero-order valence-electron chi connectivity index (χ0n) is 15.2. The number of amides is 1. The maximum Gasteiger partial charge on any atom is 0.259 e. The first-order valence-corrected chi connectivity index (χ1v) is 8.49. The Morgan fingerprint density at radius 1 is 1.19 bits per heavy atom. The molecule has 0 radical (unpaired) electrons. The fraction of sp³-hybridized carbons (Fsp3) is 0.190. The lowest BCUT2D eigenvalue weighted by atomic mass is 10.1. The van der Waals surface area contributed by atoms with Crippen LogP contribution in [-0.4, -0.2) is 11.1 Å². The summed E-state index contributed by atoms with van der Waals surface area (Å²) in [6.07, 6.45) is 0.340. The minimum absolute atomic E-state index is 0.266. The van der Waals surface area contributed by atoms with Crippen LogP contribution in [0.2, 0.25) is 0 Å². The molecule has 0 unspecified atom stereocenters. The van der Waals surface area contributed by atoms with E-state index >= 15 is 0 Å². The van der Waals surface area contributed by atoms with Crippen molar-refractivity contribution in [2.24, 2.45) is 0 Å². The average Bonchev–Trinajstić information content (AvgIpc) is 3.00. The summed E-state index contributed by atoms with van der Waals surface area (Å²) in [7, 11) is 0. The van der Waals surface area contributed by atoms with Crippen LogP contribution in [0.1, 0.15) is 32.9 Å². The molecule has 3 aromatic rings. The zero-order valence-corrected chi connectivity index (χ0v) is 15.2. The fourth-order valence-corrected chi connectivity index (χ4v) is 2.63. The Bertz CT molecular complexity index is 965. The maximum atomic E-state index is 12.7. The normalized spacial score (nSPS) is 10.3. The lowest BCUT2D eigenvalue weighted by molar-refractivity contribution is 0.102. The van der Waals surface area contributed by atoms with E-state index in [-0.39, 0.29) is 12.5 Å². The Hall–Kier alpha value is -3.59. The molecule has 0 saturated carbocycles. The van der Waals surface area contributed by atoms with Gasteiger partial charge < -0.3 is 14.6 Å². The van der Waals surface area contributed by atoms with E-state index in [9.17, 15) is 4.79 Å². The minimum Gasteiger partial charge on any atom is -0.488 e. The number of carbonyl (C=O) groups excluding carboxylic acids is 1. The standard InChI is InChI=1S/C21H19N3O3/c1-14-19(15(2)27-24-14)13-26-20-6-4-3-5-18(20)21(25)23-17-9-7-16(8-10-17)11-12-22/h3-10H,11,13H2,1-2H3,(H,23,25). The number of ether oxygens (including phenoxy) is 1. The van der Waals surface area contributed by atoms with Crippen LogP contribution >= 0.6 is 0 Å². The van der Waals surface area contributed by atoms with Crippen molar-refractivity contribution < 1.29 is 14.1 Å². The number of hydrogen-bond acceptors (Lipinski definition) is 5. The first-order chi connectivity index (χ1) is 13.1. The first kappa shape index (κ1) is 18.2. The van der Waals surface area contributed by atoms with Gasteiger partial charge in [0.25, 0.3) is 5.91 Å². The molecule has 1 heterocycles. The lowest BCUT2D eigenvalue weighted by Crippen LogP contribution is -2.13. The molecule has 3 rings (SSSR count). The summed E-state index contributed by atoms with van der Waals surface area (Å²) in [6.45, 7) is 3.95. The lowest BCUT2D eigenvalue weighted by Gasteiger charge is -2.12. The molecular formula is C21H19N3O3. The van der Waals surface area contributed by atoms with Gasteiger partial charge in [-0.15, -0.1) is 0 Å². The summed E-state index contributed by atoms with van der Waals surface area (Å²) < 4.78 is 11.0. The summed E-state index contributed by atoms with van der Waals surface area (Å²) in [5.74, 6) is 0.917. The van der Waals surface area contributed by atoms with Crippen LogP contribution < -0.4 is 10.1 Å². The van der Waals surface area contributed by atoms with Crippen LogP contribution in [0.4, 0.5) is 5.69 Å². The third-order valence-corrected chi connectivity index (χ3v) is 4.18. The smallest absolute Gasteiger partial charge is 0.259 e. The molecule has 0 aliphatic heterocycles. The van der Waals surface area contributed by atoms with Gasteiger partial charge in [-0.25, -0.2) is 0 Å². The molecule has 1 N–H and O–H groups in total. The van der Waals surface area contributed by atoms with E-state index in [4.69, 9.17) is 14.5 Å². The van der Waals surface area contributed by atoms with E-state index in [2.05, 4.69) is 16.5 Å². The number of hydrogen-bond donors (Lipinski definition) is 1. The van der Waals surface area contributed by atoms with Crippen LogP contribution in [0.3, 0.4) is 0 Å². The number of nitriles is 1. The summed E-state index contributed by atoms with van der Waals surface area (Å²) in [4.78, 5) is 12.7. The van der Waals surface area contributed by atoms with E-state index in [1.165, 1.54) is 0 Å². The highest BCUT2D eigenvalue weighted by Gasteiger charge is 2.15. The number of aryl methyl sites for hydroxylation is 2. The molecule has 0 aliphatic carbocycles. The summed E-state index contributed by atoms with van der Waals surface area (Å²) in [5, 5.41) is 15.5. The molecule has 0 saturated heterocycles. The topological polar surface area (TPSA) is 88.2 Å². The fourth-order valence-electron chi connectivity index (χ4n) is 2.63. The van der Waals surface area contributed by atoms with E-state index in [0.717, 1.165) is 16.8 Å². The Morgan fingerprint density at radius 3 is 2.59 bits per heavy atom. The van der Waals surface area contributed by atoms with Crippen LogP contribution in [-0.2, 0) is 13.0 Å². The van der Waals surface area contributed by atoms with Gasteiger partial charge in [0.05, 0.1) is 29.3 Å². The molecule has 1 amide bonds. The Labute approximate surface area is 157 Å². The molecule has 0 fully saturated rings. The second-order valence-corrected chi connectivity index (χ2v) is 6.07. The first-order valence-electron chi connectivity index (χ1n) is 8.49. The highest BCUT2D eigenvalue weighted by atomic mass is 16.5. The van der Waals surface area contributed by atoms with Crippen LogP contribution in [0.15, 0.2) is 53.1 Å². The van der Waals surface area contributed by atoms with Crippen LogP contribution in [0.5, 0.6) is 5.75 Å². The van der Waals surface area contributed by atoms with Crippen molar-refractivity contribution in [1.29, 1.82) is 5.26 Å². The highest BCUT2D eigenvalue weighted by molar-refractivity contribution is 6.06. The van der Waals surface area contributed by atoms with Gasteiger partial charge in [0.1, 0.15) is 18.1 Å². The second-order valence-electron chi connectivity index (χ2n) is 6.07. The van der Waals surface area contributed by atoms with E-state index in [0.29, 0.717) is 29.2 Å². The van der Waals surface area contributed by atoms with Crippen molar-refractivity contribution in [3.8, 4) is 11.8 Å². The van der Waals surface area contributed by atoms with E-state index in [1.807, 2.05) is 32.0 Å². The zero-order chi connectivity index (χ0) is 19.2. The Kier molecular flexibility index (Phi) is 5.53. The Morgan fingerprint density at radius 2 is 1.93 bits per heavy atom. The SMILES string of the molecule is Cc1noc(C)c1COc1ccccc1C(=O)Nc1ccc(CC#N)cc1. The number of rotatable bonds is 6. The van der Waals surface area contributed by atoms with Crippen molar-refractivity contribution in [3.05, 3.63) is 76.7 Å². The van der Waals surface area contributed by atoms with Gasteiger partial charge in [0, 0.05) is 5.69 Å². The van der Waals surface area contributed by atoms with Crippen molar-refractivity contribution in [3.63, 3.8) is 0 Å². The quantitative estimate of drug-likeness (QED) is 0.711. The van der Waals surface area contributed by atoms with Crippen LogP contribution in [0, 0.1) is 25.2 Å². The molecule has 1 aromatic heterocycles. The number of anilines is 1. The number of benzene rings is 2. The number of aromatic nitrogens is 1. The van der Waals surface area contributed by atoms with Gasteiger partial charge in [-0.05, 0) is 43.7 Å². The van der Waals surface area contributed by atoms with Crippen molar-refractivity contribution in [2.75, 3.05) is 5.32 Å². The molecule has 0 spiro atoms. The summed E-state index contributed by atoms with van der Waals surface area (Å²) in [6, 6.07) is 16.3. The summed E-state index contributed by atoms with van der Waals surface area (Å²) >= 11 is 0. The number of carbonyl (C=O) groups is 1. The van der Waals surface area contributed by atoms with E-state index in [1.54, 1.807) is 30.3 Å². The number of nitrogens with one attached hydrogen (secondary N) is 1. The molecule has 0 atom stereocenters. The molecule has 2 aromatic carbocycles. The molecule has 6 nitrogen and oxygen atoms in total. The molecule has 0 bridgehead atoms. The van der Waals surface area contributed by atoms with Gasteiger partial charge in [0.2, 0.25) is 0 Å². The van der Waals surface area contributed by atoms with E-state index < -0.39 is 0 Å². The molecule has 0 aliphatic rings. The predicted octanol–water partition coefficient (Wildman–Crippen LogP) is 4.19. The van der Waals surface area contributed by atoms with Gasteiger partial charge >= 0.3 is 0 Å². The van der Waals surface area contributed by atoms with Crippen molar-refractivity contribution >= 4 is 11.6 Å². The third-order valence-electron chi connectivity index (χ3n) is 4.18. The average molecular weight is 361 g/mol. The predicted molar refractivity (Wildman–Crippen MR) is 100 cm³/mol. The second kappa shape index (κ2) is 8.19. The van der Waals surface area contributed by atoms with Crippen molar-refractivity contribution in [1.82, 2.24) is 5.16 Å². The number of nitrogens with zero attached hydrogens (tertiary/aromatic N) is 2. The molecule has 6 heteroatoms. The monoisotopic (exact) mass is 361 g/mol. The van der Waals surface area contributed by atoms with Gasteiger partial charge in [-0.1, -0.05) is 29.4 Å². The van der Waals surface area contributed by atoms with Crippen LogP contribution in [0.25, 0.3) is 0 Å². The van der Waals surface area contributed by atoms with Crippen molar-refractivity contribution in [2.45, 2.75) is 26.9 Å². The summed E-state index contributed by atoms with van der Waals surface area (Å²) in [5.41, 5.74) is 3.64. The van der Waals surface area contributed by atoms with Gasteiger partial charge in [0.15, 0.2) is 0 Å². The molecular weight excluding hydrogens is 342 g/mol. The van der Waals surface area contributed by atoms with Gasteiger partial charge in [-0.3, -0.25) is 4.79 Å². The Balaban J connectivity index is 1.72. The molecule has 27 heavy (non-hydrogen) atoms. The third kappa shape index (κ3) is 4.33. The number of para-hydroxylation sites is 1. The molecule has 136 valence electrons. The largest absolute Gasteiger partial charge is 0.488 e. The highest BCUT2D eigenvalue weighted by Crippen LogP contribution is 2.23. The minimum atomic E-state index is -0.266. The maximum absolute atomic E-state index is 12.7. The van der Waals surface area contributed by atoms with Gasteiger partial charge in [-0.2, -0.15) is 5.26 Å².